The minimum Gasteiger partial charge on any atom is -0.493 e. The van der Waals surface area contributed by atoms with Crippen LogP contribution in [-0.2, 0) is 0 Å². The van der Waals surface area contributed by atoms with Gasteiger partial charge >= 0.3 is 0 Å². The van der Waals surface area contributed by atoms with Crippen molar-refractivity contribution in [3.8, 4) is 17.0 Å². The van der Waals surface area contributed by atoms with Gasteiger partial charge in [0, 0.05) is 37.8 Å². The summed E-state index contributed by atoms with van der Waals surface area (Å²) in [4.78, 5) is 4.54. The average Bonchev–Trinajstić information content (AvgIpc) is 2.63. The molecule has 0 spiro atoms. The molecule has 2 heterocycles. The Bertz CT molecular complexity index is 684. The highest BCUT2D eigenvalue weighted by Crippen LogP contribution is 2.30. The van der Waals surface area contributed by atoms with Gasteiger partial charge in [0.25, 0.3) is 0 Å². The van der Waals surface area contributed by atoms with Crippen LogP contribution in [0.25, 0.3) is 11.3 Å². The Balaban J connectivity index is 1.77. The molecule has 0 amide bonds. The molecule has 0 unspecified atom stereocenters. The molecule has 0 bridgehead atoms. The van der Waals surface area contributed by atoms with Crippen molar-refractivity contribution in [2.24, 2.45) is 0 Å². The predicted octanol–water partition coefficient (Wildman–Crippen LogP) is 3.21. The lowest BCUT2D eigenvalue weighted by molar-refractivity contribution is 0.309. The molecule has 1 aromatic heterocycles. The summed E-state index contributed by atoms with van der Waals surface area (Å²) in [5.41, 5.74) is 1.47. The molecule has 25 heavy (non-hydrogen) atoms. The molecule has 1 aliphatic heterocycles. The van der Waals surface area contributed by atoms with Crippen molar-refractivity contribution >= 4 is 5.82 Å². The highest BCUT2D eigenvalue weighted by atomic mass is 19.1. The van der Waals surface area contributed by atoms with Crippen LogP contribution >= 0.6 is 0 Å². The van der Waals surface area contributed by atoms with Crippen LogP contribution in [0.1, 0.15) is 19.8 Å². The van der Waals surface area contributed by atoms with Gasteiger partial charge in [0.2, 0.25) is 0 Å². The molecule has 3 rings (SSSR count). The highest BCUT2D eigenvalue weighted by molar-refractivity contribution is 5.67. The molecule has 2 aromatic rings. The van der Waals surface area contributed by atoms with Crippen LogP contribution in [0.5, 0.6) is 5.75 Å². The number of aromatic nitrogens is 2. The summed E-state index contributed by atoms with van der Waals surface area (Å²) < 4.78 is 19.3. The van der Waals surface area contributed by atoms with Gasteiger partial charge in [-0.3, -0.25) is 0 Å². The van der Waals surface area contributed by atoms with Crippen LogP contribution < -0.4 is 9.64 Å². The van der Waals surface area contributed by atoms with E-state index in [2.05, 4.69) is 34.0 Å². The number of rotatable bonds is 6. The normalized spacial score (nSPS) is 15.4. The third-order valence-electron chi connectivity index (χ3n) is 4.45. The Morgan fingerprint density at radius 3 is 2.56 bits per heavy atom. The van der Waals surface area contributed by atoms with Gasteiger partial charge in [0.1, 0.15) is 11.6 Å². The van der Waals surface area contributed by atoms with E-state index in [1.165, 1.54) is 12.1 Å². The Morgan fingerprint density at radius 1 is 1.08 bits per heavy atom. The highest BCUT2D eigenvalue weighted by Gasteiger charge is 2.16. The Morgan fingerprint density at radius 2 is 1.88 bits per heavy atom. The van der Waals surface area contributed by atoms with Crippen molar-refractivity contribution in [3.63, 3.8) is 0 Å². The van der Waals surface area contributed by atoms with E-state index in [0.717, 1.165) is 50.4 Å². The second-order valence-corrected chi connectivity index (χ2v) is 6.41. The second-order valence-electron chi connectivity index (χ2n) is 6.41. The van der Waals surface area contributed by atoms with E-state index in [1.54, 1.807) is 6.07 Å². The molecule has 1 saturated heterocycles. The lowest BCUT2D eigenvalue weighted by Crippen LogP contribution is -2.44. The third-order valence-corrected chi connectivity index (χ3v) is 4.45. The zero-order valence-corrected chi connectivity index (χ0v) is 14.9. The first-order valence-electron chi connectivity index (χ1n) is 8.87. The Kier molecular flexibility index (Phi) is 5.81. The van der Waals surface area contributed by atoms with E-state index >= 15 is 0 Å². The van der Waals surface area contributed by atoms with E-state index in [1.807, 2.05) is 12.1 Å². The van der Waals surface area contributed by atoms with E-state index in [-0.39, 0.29) is 5.82 Å². The standard InChI is InChI=1S/C19H25FN4O/c1-3-4-13-25-18-14-15(20)5-6-16(18)17-7-8-19(22-21-17)24-11-9-23(2)10-12-24/h5-8,14H,3-4,9-13H2,1-2H3. The summed E-state index contributed by atoms with van der Waals surface area (Å²) in [5, 5.41) is 8.73. The summed E-state index contributed by atoms with van der Waals surface area (Å²) in [5.74, 6) is 1.10. The van der Waals surface area contributed by atoms with E-state index < -0.39 is 0 Å². The van der Waals surface area contributed by atoms with E-state index in [9.17, 15) is 4.39 Å². The maximum Gasteiger partial charge on any atom is 0.151 e. The molecule has 5 nitrogen and oxygen atoms in total. The first kappa shape index (κ1) is 17.6. The zero-order valence-electron chi connectivity index (χ0n) is 14.9. The molecule has 0 N–H and O–H groups in total. The van der Waals surface area contributed by atoms with Crippen LogP contribution in [0.2, 0.25) is 0 Å². The Hall–Kier alpha value is -2.21. The number of ether oxygens (including phenoxy) is 1. The fourth-order valence-corrected chi connectivity index (χ4v) is 2.83. The topological polar surface area (TPSA) is 41.5 Å². The largest absolute Gasteiger partial charge is 0.493 e. The van der Waals surface area contributed by atoms with Gasteiger partial charge in [-0.2, -0.15) is 0 Å². The van der Waals surface area contributed by atoms with Crippen LogP contribution in [0.15, 0.2) is 30.3 Å². The van der Waals surface area contributed by atoms with Gasteiger partial charge in [-0.25, -0.2) is 4.39 Å². The fourth-order valence-electron chi connectivity index (χ4n) is 2.83. The third kappa shape index (κ3) is 4.45. The van der Waals surface area contributed by atoms with Crippen LogP contribution in [0, 0.1) is 5.82 Å². The Labute approximate surface area is 148 Å². The number of benzene rings is 1. The molecule has 0 aliphatic carbocycles. The maximum atomic E-state index is 13.6. The molecular formula is C19H25FN4O. The number of halogens is 1. The molecular weight excluding hydrogens is 319 g/mol. The summed E-state index contributed by atoms with van der Waals surface area (Å²) in [6, 6.07) is 8.46. The number of hydrogen-bond donors (Lipinski definition) is 0. The van der Waals surface area contributed by atoms with Crippen molar-refractivity contribution in [1.29, 1.82) is 0 Å². The van der Waals surface area contributed by atoms with Crippen LogP contribution in [0.4, 0.5) is 10.2 Å². The molecule has 1 aliphatic rings. The molecule has 0 radical (unpaired) electrons. The molecule has 0 saturated carbocycles. The number of unbranched alkanes of at least 4 members (excludes halogenated alkanes) is 1. The van der Waals surface area contributed by atoms with Crippen molar-refractivity contribution in [2.75, 3.05) is 44.7 Å². The van der Waals surface area contributed by atoms with E-state index in [0.29, 0.717) is 18.1 Å². The van der Waals surface area contributed by atoms with Crippen molar-refractivity contribution in [1.82, 2.24) is 15.1 Å². The van der Waals surface area contributed by atoms with Gasteiger partial charge in [-0.15, -0.1) is 10.2 Å². The fraction of sp³-hybridized carbons (Fsp3) is 0.474. The smallest absolute Gasteiger partial charge is 0.151 e. The van der Waals surface area contributed by atoms with E-state index in [4.69, 9.17) is 4.74 Å². The molecule has 0 atom stereocenters. The van der Waals surface area contributed by atoms with Gasteiger partial charge in [0.15, 0.2) is 5.82 Å². The molecule has 1 aromatic carbocycles. The minimum atomic E-state index is -0.308. The van der Waals surface area contributed by atoms with Crippen molar-refractivity contribution in [2.45, 2.75) is 19.8 Å². The minimum absolute atomic E-state index is 0.308. The maximum absolute atomic E-state index is 13.6. The van der Waals surface area contributed by atoms with Crippen molar-refractivity contribution in [3.05, 3.63) is 36.1 Å². The SMILES string of the molecule is CCCCOc1cc(F)ccc1-c1ccc(N2CCN(C)CC2)nn1. The molecule has 134 valence electrons. The molecule has 6 heteroatoms. The summed E-state index contributed by atoms with van der Waals surface area (Å²) in [6.45, 7) is 6.62. The number of anilines is 1. The quantitative estimate of drug-likeness (QED) is 0.753. The van der Waals surface area contributed by atoms with Gasteiger partial charge in [-0.05, 0) is 37.7 Å². The summed E-state index contributed by atoms with van der Waals surface area (Å²) in [6.07, 6.45) is 1.97. The monoisotopic (exact) mass is 344 g/mol. The number of nitrogens with zero attached hydrogens (tertiary/aromatic N) is 4. The number of hydrogen-bond acceptors (Lipinski definition) is 5. The lowest BCUT2D eigenvalue weighted by atomic mass is 10.1. The van der Waals surface area contributed by atoms with Gasteiger partial charge in [0.05, 0.1) is 12.3 Å². The average molecular weight is 344 g/mol. The van der Waals surface area contributed by atoms with Crippen LogP contribution in [0.3, 0.4) is 0 Å². The second kappa shape index (κ2) is 8.25. The first-order valence-corrected chi connectivity index (χ1v) is 8.87. The summed E-state index contributed by atoms with van der Waals surface area (Å²) >= 11 is 0. The summed E-state index contributed by atoms with van der Waals surface area (Å²) in [7, 11) is 2.13. The van der Waals surface area contributed by atoms with Gasteiger partial charge in [-0.1, -0.05) is 13.3 Å². The molecule has 1 fully saturated rings. The number of likely N-dealkylation sites (N-methyl/N-ethyl adjacent to an activating group) is 1. The first-order chi connectivity index (χ1) is 12.2. The van der Waals surface area contributed by atoms with Crippen LogP contribution in [-0.4, -0.2) is 54.9 Å². The predicted molar refractivity (Wildman–Crippen MR) is 97.5 cm³/mol. The number of piperazine rings is 1. The zero-order chi connectivity index (χ0) is 17.6. The van der Waals surface area contributed by atoms with Gasteiger partial charge < -0.3 is 14.5 Å². The van der Waals surface area contributed by atoms with Crippen molar-refractivity contribution < 1.29 is 9.13 Å². The lowest BCUT2D eigenvalue weighted by Gasteiger charge is -2.32.